The van der Waals surface area contributed by atoms with Gasteiger partial charge in [-0.3, -0.25) is 9.59 Å². The summed E-state index contributed by atoms with van der Waals surface area (Å²) >= 11 is 5.80. The second-order valence-electron chi connectivity index (χ2n) is 5.88. The molecule has 0 aliphatic heterocycles. The van der Waals surface area contributed by atoms with E-state index in [2.05, 4.69) is 5.32 Å². The standard InChI is InChI=1S/C19H17ClF3NO3/c1-12(14-5-7-16(20)8-6-14)24-17(25)11-27-18(26)10-13-3-2-4-15(9-13)19(21,22)23/h2-9,12H,10-11H2,1H3,(H,24,25). The van der Waals surface area contributed by atoms with Crippen LogP contribution in [0.2, 0.25) is 5.02 Å². The van der Waals surface area contributed by atoms with Gasteiger partial charge in [0.25, 0.3) is 5.91 Å². The van der Waals surface area contributed by atoms with Crippen molar-refractivity contribution < 1.29 is 27.5 Å². The number of alkyl halides is 3. The SMILES string of the molecule is CC(NC(=O)COC(=O)Cc1cccc(C(F)(F)F)c1)c1ccc(Cl)cc1. The second-order valence-corrected chi connectivity index (χ2v) is 6.31. The van der Waals surface area contributed by atoms with Crippen LogP contribution in [0.25, 0.3) is 0 Å². The highest BCUT2D eigenvalue weighted by molar-refractivity contribution is 6.30. The van der Waals surface area contributed by atoms with Crippen LogP contribution in [0.5, 0.6) is 0 Å². The van der Waals surface area contributed by atoms with Gasteiger partial charge in [0.2, 0.25) is 0 Å². The van der Waals surface area contributed by atoms with Crippen LogP contribution < -0.4 is 5.32 Å². The minimum atomic E-state index is -4.49. The molecule has 0 saturated heterocycles. The first-order valence-electron chi connectivity index (χ1n) is 8.02. The highest BCUT2D eigenvalue weighted by Gasteiger charge is 2.30. The Labute approximate surface area is 159 Å². The van der Waals surface area contributed by atoms with E-state index in [1.807, 2.05) is 0 Å². The molecule has 4 nitrogen and oxygen atoms in total. The van der Waals surface area contributed by atoms with E-state index in [-0.39, 0.29) is 18.0 Å². The fourth-order valence-corrected chi connectivity index (χ4v) is 2.47. The van der Waals surface area contributed by atoms with Crippen molar-refractivity contribution in [3.63, 3.8) is 0 Å². The van der Waals surface area contributed by atoms with Gasteiger partial charge in [-0.2, -0.15) is 13.2 Å². The zero-order valence-electron chi connectivity index (χ0n) is 14.3. The first-order valence-corrected chi connectivity index (χ1v) is 8.39. The summed E-state index contributed by atoms with van der Waals surface area (Å²) in [5.74, 6) is -1.31. The van der Waals surface area contributed by atoms with Crippen molar-refractivity contribution in [1.82, 2.24) is 5.32 Å². The van der Waals surface area contributed by atoms with Gasteiger partial charge < -0.3 is 10.1 Å². The second kappa shape index (κ2) is 8.90. The number of esters is 1. The number of hydrogen-bond acceptors (Lipinski definition) is 3. The molecule has 27 heavy (non-hydrogen) atoms. The van der Waals surface area contributed by atoms with E-state index >= 15 is 0 Å². The largest absolute Gasteiger partial charge is 0.455 e. The zero-order valence-corrected chi connectivity index (χ0v) is 15.1. The minimum absolute atomic E-state index is 0.157. The molecule has 144 valence electrons. The molecule has 1 atom stereocenters. The normalized spacial score (nSPS) is 12.3. The maximum absolute atomic E-state index is 12.7. The van der Waals surface area contributed by atoms with Crippen molar-refractivity contribution in [3.05, 3.63) is 70.2 Å². The Morgan fingerprint density at radius 3 is 2.44 bits per heavy atom. The third kappa shape index (κ3) is 6.60. The Hall–Kier alpha value is -2.54. The van der Waals surface area contributed by atoms with E-state index in [4.69, 9.17) is 16.3 Å². The summed E-state index contributed by atoms with van der Waals surface area (Å²) in [4.78, 5) is 23.6. The summed E-state index contributed by atoms with van der Waals surface area (Å²) < 4.78 is 42.8. The molecule has 2 aromatic carbocycles. The van der Waals surface area contributed by atoms with Crippen LogP contribution in [0.3, 0.4) is 0 Å². The Balaban J connectivity index is 1.83. The maximum atomic E-state index is 12.7. The van der Waals surface area contributed by atoms with Crippen molar-refractivity contribution in [1.29, 1.82) is 0 Å². The van der Waals surface area contributed by atoms with E-state index in [1.54, 1.807) is 31.2 Å². The van der Waals surface area contributed by atoms with Gasteiger partial charge in [-0.25, -0.2) is 0 Å². The van der Waals surface area contributed by atoms with E-state index < -0.39 is 30.2 Å². The van der Waals surface area contributed by atoms with Crippen LogP contribution in [-0.2, 0) is 26.9 Å². The van der Waals surface area contributed by atoms with Gasteiger partial charge in [-0.1, -0.05) is 41.9 Å². The summed E-state index contributed by atoms with van der Waals surface area (Å²) in [5.41, 5.74) is 0.134. The van der Waals surface area contributed by atoms with Crippen molar-refractivity contribution in [3.8, 4) is 0 Å². The molecular formula is C19H17ClF3NO3. The molecule has 0 bridgehead atoms. The third-order valence-corrected chi connectivity index (χ3v) is 3.97. The minimum Gasteiger partial charge on any atom is -0.455 e. The average Bonchev–Trinajstić information content (AvgIpc) is 2.60. The van der Waals surface area contributed by atoms with Crippen molar-refractivity contribution in [2.24, 2.45) is 0 Å². The lowest BCUT2D eigenvalue weighted by atomic mass is 10.1. The Morgan fingerprint density at radius 2 is 1.81 bits per heavy atom. The fourth-order valence-electron chi connectivity index (χ4n) is 2.34. The van der Waals surface area contributed by atoms with Gasteiger partial charge in [-0.05, 0) is 36.2 Å². The van der Waals surface area contributed by atoms with Gasteiger partial charge in [0.05, 0.1) is 18.0 Å². The molecule has 0 aliphatic rings. The van der Waals surface area contributed by atoms with Gasteiger partial charge in [0, 0.05) is 5.02 Å². The molecule has 0 saturated carbocycles. The summed E-state index contributed by atoms with van der Waals surface area (Å²) in [6, 6.07) is 11.0. The number of nitrogens with one attached hydrogen (secondary N) is 1. The number of halogens is 4. The van der Waals surface area contributed by atoms with E-state index in [0.717, 1.165) is 17.7 Å². The van der Waals surface area contributed by atoms with Crippen LogP contribution in [-0.4, -0.2) is 18.5 Å². The number of amides is 1. The van der Waals surface area contributed by atoms with Crippen molar-refractivity contribution in [2.75, 3.05) is 6.61 Å². The number of carbonyl (C=O) groups is 2. The predicted octanol–water partition coefficient (Wildman–Crippen LogP) is 4.32. The lowest BCUT2D eigenvalue weighted by molar-refractivity contribution is -0.148. The van der Waals surface area contributed by atoms with E-state index in [1.165, 1.54) is 12.1 Å². The van der Waals surface area contributed by atoms with Gasteiger partial charge >= 0.3 is 12.1 Å². The number of ether oxygens (including phenoxy) is 1. The van der Waals surface area contributed by atoms with Crippen LogP contribution in [0.4, 0.5) is 13.2 Å². The van der Waals surface area contributed by atoms with Gasteiger partial charge in [-0.15, -0.1) is 0 Å². The first kappa shape index (κ1) is 20.8. The molecular weight excluding hydrogens is 383 g/mol. The van der Waals surface area contributed by atoms with Gasteiger partial charge in [0.15, 0.2) is 6.61 Å². The number of carbonyl (C=O) groups excluding carboxylic acids is 2. The van der Waals surface area contributed by atoms with Gasteiger partial charge in [0.1, 0.15) is 0 Å². The monoisotopic (exact) mass is 399 g/mol. The van der Waals surface area contributed by atoms with Crippen molar-refractivity contribution in [2.45, 2.75) is 25.6 Å². The molecule has 0 aliphatic carbocycles. The van der Waals surface area contributed by atoms with E-state index in [0.29, 0.717) is 5.02 Å². The Kier molecular flexibility index (Phi) is 6.85. The summed E-state index contributed by atoms with van der Waals surface area (Å²) in [6.07, 6.45) is -4.85. The van der Waals surface area contributed by atoms with Crippen LogP contribution in [0, 0.1) is 0 Å². The lowest BCUT2D eigenvalue weighted by Gasteiger charge is -2.14. The summed E-state index contributed by atoms with van der Waals surface area (Å²) in [5, 5.41) is 3.23. The highest BCUT2D eigenvalue weighted by atomic mass is 35.5. The maximum Gasteiger partial charge on any atom is 0.416 e. The quantitative estimate of drug-likeness (QED) is 0.736. The topological polar surface area (TPSA) is 55.4 Å². The molecule has 0 fully saturated rings. The number of rotatable bonds is 6. The molecule has 2 rings (SSSR count). The first-order chi connectivity index (χ1) is 12.6. The molecule has 0 radical (unpaired) electrons. The Bertz CT molecular complexity index is 807. The van der Waals surface area contributed by atoms with Crippen LogP contribution >= 0.6 is 11.6 Å². The average molecular weight is 400 g/mol. The van der Waals surface area contributed by atoms with E-state index in [9.17, 15) is 22.8 Å². The van der Waals surface area contributed by atoms with Crippen LogP contribution in [0.15, 0.2) is 48.5 Å². The van der Waals surface area contributed by atoms with Crippen molar-refractivity contribution >= 4 is 23.5 Å². The molecule has 2 aromatic rings. The molecule has 0 spiro atoms. The highest BCUT2D eigenvalue weighted by Crippen LogP contribution is 2.29. The fraction of sp³-hybridized carbons (Fsp3) is 0.263. The smallest absolute Gasteiger partial charge is 0.416 e. The third-order valence-electron chi connectivity index (χ3n) is 3.71. The van der Waals surface area contributed by atoms with Crippen LogP contribution in [0.1, 0.15) is 29.7 Å². The number of hydrogen-bond donors (Lipinski definition) is 1. The Morgan fingerprint density at radius 1 is 1.15 bits per heavy atom. The summed E-state index contributed by atoms with van der Waals surface area (Å²) in [7, 11) is 0. The zero-order chi connectivity index (χ0) is 20.0. The number of benzene rings is 2. The molecule has 1 unspecified atom stereocenters. The predicted molar refractivity (Wildman–Crippen MR) is 94.1 cm³/mol. The lowest BCUT2D eigenvalue weighted by Crippen LogP contribution is -2.31. The summed E-state index contributed by atoms with van der Waals surface area (Å²) in [6.45, 7) is 1.24. The molecule has 1 N–H and O–H groups in total. The molecule has 0 aromatic heterocycles. The molecule has 1 amide bonds. The molecule has 0 heterocycles. The molecule has 8 heteroatoms.